The summed E-state index contributed by atoms with van der Waals surface area (Å²) in [7, 11) is 0. The zero-order valence-electron chi connectivity index (χ0n) is 13.1. The summed E-state index contributed by atoms with van der Waals surface area (Å²) in [4.78, 5) is 0. The number of ether oxygens (including phenoxy) is 1. The Bertz CT molecular complexity index is 564. The second-order valence-corrected chi connectivity index (χ2v) is 5.50. The lowest BCUT2D eigenvalue weighted by molar-refractivity contribution is 0.257. The Morgan fingerprint density at radius 2 is 2.14 bits per heavy atom. The first-order valence-corrected chi connectivity index (χ1v) is 7.65. The van der Waals surface area contributed by atoms with Crippen LogP contribution in [0.2, 0.25) is 0 Å². The van der Waals surface area contributed by atoms with Gasteiger partial charge in [0.05, 0.1) is 12.6 Å². The second-order valence-electron chi connectivity index (χ2n) is 5.50. The van der Waals surface area contributed by atoms with E-state index < -0.39 is 0 Å². The normalized spacial score (nSPS) is 14.3. The second kappa shape index (κ2) is 7.48. The third kappa shape index (κ3) is 3.99. The molecule has 0 spiro atoms. The molecule has 4 heteroatoms. The molecule has 1 heterocycles. The van der Waals surface area contributed by atoms with Crippen molar-refractivity contribution >= 4 is 11.0 Å². The first-order chi connectivity index (χ1) is 10.2. The molecule has 2 aromatic rings. The van der Waals surface area contributed by atoms with E-state index in [-0.39, 0.29) is 12.6 Å². The molecule has 0 amide bonds. The molecule has 2 atom stereocenters. The topological polar surface area (TPSA) is 54.6 Å². The lowest BCUT2D eigenvalue weighted by Crippen LogP contribution is -2.24. The van der Waals surface area contributed by atoms with Gasteiger partial charge < -0.3 is 19.6 Å². The summed E-state index contributed by atoms with van der Waals surface area (Å²) in [5.41, 5.74) is 0.811. The minimum absolute atomic E-state index is 0.132. The predicted octanol–water partition coefficient (Wildman–Crippen LogP) is 3.50. The van der Waals surface area contributed by atoms with Crippen LogP contribution in [0, 0.1) is 5.92 Å². The first kappa shape index (κ1) is 15.9. The Morgan fingerprint density at radius 3 is 2.86 bits per heavy atom. The van der Waals surface area contributed by atoms with Crippen LogP contribution in [0.4, 0.5) is 0 Å². The van der Waals surface area contributed by atoms with Gasteiger partial charge in [-0.25, -0.2) is 0 Å². The summed E-state index contributed by atoms with van der Waals surface area (Å²) >= 11 is 0. The van der Waals surface area contributed by atoms with Crippen LogP contribution >= 0.6 is 0 Å². The summed E-state index contributed by atoms with van der Waals surface area (Å²) in [5.74, 6) is 2.15. The zero-order chi connectivity index (χ0) is 15.2. The van der Waals surface area contributed by atoms with Crippen molar-refractivity contribution in [1.82, 2.24) is 5.32 Å². The molecule has 0 saturated heterocycles. The number of fused-ring (bicyclic) bond motifs is 1. The smallest absolute Gasteiger partial charge is 0.176 e. The van der Waals surface area contributed by atoms with Crippen molar-refractivity contribution in [1.29, 1.82) is 0 Å². The summed E-state index contributed by atoms with van der Waals surface area (Å²) in [5, 5.41) is 13.4. The first-order valence-electron chi connectivity index (χ1n) is 7.65. The molecule has 116 valence electrons. The average Bonchev–Trinajstić information content (AvgIpc) is 2.90. The van der Waals surface area contributed by atoms with Crippen molar-refractivity contribution in [2.45, 2.75) is 33.2 Å². The molecule has 0 bridgehead atoms. The number of para-hydroxylation sites is 1. The highest BCUT2D eigenvalue weighted by atomic mass is 16.5. The van der Waals surface area contributed by atoms with Crippen LogP contribution in [0.5, 0.6) is 5.75 Å². The molecular formula is C17H25NO3. The fourth-order valence-corrected chi connectivity index (χ4v) is 2.34. The molecule has 0 fully saturated rings. The SMILES string of the molecule is CCOc1cccc2cc(C(C)NCC(C)CCO)oc12. The Labute approximate surface area is 126 Å². The maximum Gasteiger partial charge on any atom is 0.176 e. The molecule has 0 saturated carbocycles. The van der Waals surface area contributed by atoms with E-state index in [0.717, 1.165) is 35.4 Å². The lowest BCUT2D eigenvalue weighted by Gasteiger charge is -2.15. The maximum absolute atomic E-state index is 8.94. The number of hydrogen-bond acceptors (Lipinski definition) is 4. The Morgan fingerprint density at radius 1 is 1.33 bits per heavy atom. The van der Waals surface area contributed by atoms with E-state index in [0.29, 0.717) is 12.5 Å². The summed E-state index contributed by atoms with van der Waals surface area (Å²) in [6.45, 7) is 7.90. The highest BCUT2D eigenvalue weighted by Gasteiger charge is 2.14. The molecule has 2 N–H and O–H groups in total. The molecular weight excluding hydrogens is 266 g/mol. The molecule has 1 aromatic carbocycles. The Balaban J connectivity index is 2.09. The van der Waals surface area contributed by atoms with Crippen molar-refractivity contribution in [3.63, 3.8) is 0 Å². The third-order valence-electron chi connectivity index (χ3n) is 3.65. The maximum atomic E-state index is 8.94. The fraction of sp³-hybridized carbons (Fsp3) is 0.529. The molecule has 1 aromatic heterocycles. The largest absolute Gasteiger partial charge is 0.490 e. The van der Waals surface area contributed by atoms with Gasteiger partial charge >= 0.3 is 0 Å². The van der Waals surface area contributed by atoms with Gasteiger partial charge in [0.25, 0.3) is 0 Å². The van der Waals surface area contributed by atoms with Crippen LogP contribution in [0.3, 0.4) is 0 Å². The van der Waals surface area contributed by atoms with Gasteiger partial charge in [-0.15, -0.1) is 0 Å². The van der Waals surface area contributed by atoms with E-state index >= 15 is 0 Å². The van der Waals surface area contributed by atoms with Gasteiger partial charge in [-0.3, -0.25) is 0 Å². The minimum atomic E-state index is 0.132. The number of hydrogen-bond donors (Lipinski definition) is 2. The molecule has 0 radical (unpaired) electrons. The quantitative estimate of drug-likeness (QED) is 0.781. The Kier molecular flexibility index (Phi) is 5.65. The molecule has 2 unspecified atom stereocenters. The molecule has 21 heavy (non-hydrogen) atoms. The van der Waals surface area contributed by atoms with Crippen molar-refractivity contribution in [3.8, 4) is 5.75 Å². The minimum Gasteiger partial charge on any atom is -0.490 e. The van der Waals surface area contributed by atoms with E-state index in [1.165, 1.54) is 0 Å². The number of rotatable bonds is 8. The zero-order valence-corrected chi connectivity index (χ0v) is 13.1. The van der Waals surface area contributed by atoms with Crippen LogP contribution in [-0.2, 0) is 0 Å². The van der Waals surface area contributed by atoms with E-state index in [4.69, 9.17) is 14.3 Å². The number of furan rings is 1. The molecule has 0 aliphatic carbocycles. The fourth-order valence-electron chi connectivity index (χ4n) is 2.34. The molecule has 4 nitrogen and oxygen atoms in total. The van der Waals surface area contributed by atoms with Gasteiger partial charge in [0, 0.05) is 12.0 Å². The van der Waals surface area contributed by atoms with E-state index in [9.17, 15) is 0 Å². The van der Waals surface area contributed by atoms with Crippen molar-refractivity contribution in [2.24, 2.45) is 5.92 Å². The van der Waals surface area contributed by atoms with Gasteiger partial charge in [0.2, 0.25) is 0 Å². The van der Waals surface area contributed by atoms with Gasteiger partial charge in [-0.2, -0.15) is 0 Å². The van der Waals surface area contributed by atoms with Gasteiger partial charge in [-0.05, 0) is 44.9 Å². The average molecular weight is 291 g/mol. The standard InChI is InChI=1S/C17H25NO3/c1-4-20-15-7-5-6-14-10-16(21-17(14)15)13(3)18-11-12(2)8-9-19/h5-7,10,12-13,18-19H,4,8-9,11H2,1-3H3. The van der Waals surface area contributed by atoms with E-state index in [1.54, 1.807) is 0 Å². The molecule has 2 rings (SSSR count). The van der Waals surface area contributed by atoms with Crippen molar-refractivity contribution in [2.75, 3.05) is 19.8 Å². The summed E-state index contributed by atoms with van der Waals surface area (Å²) in [6.07, 6.45) is 0.814. The van der Waals surface area contributed by atoms with Crippen LogP contribution in [0.15, 0.2) is 28.7 Å². The lowest BCUT2D eigenvalue weighted by atomic mass is 10.1. The predicted molar refractivity (Wildman–Crippen MR) is 84.7 cm³/mol. The van der Waals surface area contributed by atoms with Gasteiger partial charge in [-0.1, -0.05) is 19.1 Å². The van der Waals surface area contributed by atoms with Crippen LogP contribution in [0.1, 0.15) is 39.0 Å². The van der Waals surface area contributed by atoms with Crippen LogP contribution in [-0.4, -0.2) is 24.9 Å². The molecule has 0 aliphatic heterocycles. The van der Waals surface area contributed by atoms with Gasteiger partial charge in [0.1, 0.15) is 5.76 Å². The van der Waals surface area contributed by atoms with Crippen molar-refractivity contribution < 1.29 is 14.3 Å². The summed E-state index contributed by atoms with van der Waals surface area (Å²) in [6, 6.07) is 8.14. The molecule has 0 aliphatic rings. The van der Waals surface area contributed by atoms with Crippen LogP contribution in [0.25, 0.3) is 11.0 Å². The van der Waals surface area contributed by atoms with E-state index in [1.807, 2.05) is 25.1 Å². The summed E-state index contributed by atoms with van der Waals surface area (Å²) < 4.78 is 11.6. The van der Waals surface area contributed by atoms with Gasteiger partial charge in [0.15, 0.2) is 11.3 Å². The third-order valence-corrected chi connectivity index (χ3v) is 3.65. The number of nitrogens with one attached hydrogen (secondary N) is 1. The van der Waals surface area contributed by atoms with Crippen molar-refractivity contribution in [3.05, 3.63) is 30.0 Å². The number of aliphatic hydroxyl groups excluding tert-OH is 1. The van der Waals surface area contributed by atoms with E-state index in [2.05, 4.69) is 25.2 Å². The number of aliphatic hydroxyl groups is 1. The number of benzene rings is 1. The Hall–Kier alpha value is -1.52. The monoisotopic (exact) mass is 291 g/mol. The highest BCUT2D eigenvalue weighted by molar-refractivity contribution is 5.83. The van der Waals surface area contributed by atoms with Crippen LogP contribution < -0.4 is 10.1 Å². The highest BCUT2D eigenvalue weighted by Crippen LogP contribution is 2.31.